The molecule has 0 N–H and O–H groups in total. The number of carbonyl (C=O) groups excluding carboxylic acids is 2. The van der Waals surface area contributed by atoms with Crippen molar-refractivity contribution in [2.24, 2.45) is 0 Å². The molecule has 1 heterocycles. The third-order valence-electron chi connectivity index (χ3n) is 4.20. The van der Waals surface area contributed by atoms with Gasteiger partial charge in [0.25, 0.3) is 11.8 Å². The molecule has 0 bridgehead atoms. The van der Waals surface area contributed by atoms with E-state index >= 15 is 0 Å². The predicted molar refractivity (Wildman–Crippen MR) is 87.4 cm³/mol. The van der Waals surface area contributed by atoms with Gasteiger partial charge in [0.2, 0.25) is 0 Å². The summed E-state index contributed by atoms with van der Waals surface area (Å²) in [5, 5.41) is 0. The highest BCUT2D eigenvalue weighted by atomic mass is 16.5. The smallest absolute Gasteiger partial charge is 0.253 e. The average Bonchev–Trinajstić information content (AvgIpc) is 2.83. The van der Waals surface area contributed by atoms with Crippen LogP contribution in [0.4, 0.5) is 0 Å². The monoisotopic (exact) mass is 311 g/mol. The number of allylic oxidation sites excluding steroid dienone is 2. The number of rotatable bonds is 8. The van der Waals surface area contributed by atoms with Crippen molar-refractivity contribution in [3.63, 3.8) is 0 Å². The average molecular weight is 311 g/mol. The summed E-state index contributed by atoms with van der Waals surface area (Å²) in [5.74, 6) is 0.649. The minimum atomic E-state index is -0.211. The van der Waals surface area contributed by atoms with Crippen molar-refractivity contribution < 1.29 is 14.3 Å². The lowest BCUT2D eigenvalue weighted by Gasteiger charge is -2.25. The van der Waals surface area contributed by atoms with E-state index < -0.39 is 0 Å². The molecule has 0 aromatic heterocycles. The number of imide groups is 1. The molecule has 0 saturated heterocycles. The Morgan fingerprint density at radius 3 is 2.39 bits per heavy atom. The van der Waals surface area contributed by atoms with E-state index in [1.807, 2.05) is 18.2 Å². The first-order valence-electron chi connectivity index (χ1n) is 8.15. The summed E-state index contributed by atoms with van der Waals surface area (Å²) >= 11 is 0. The number of ether oxygens (including phenoxy) is 1. The van der Waals surface area contributed by atoms with Crippen LogP contribution in [0.3, 0.4) is 0 Å². The zero-order valence-electron chi connectivity index (χ0n) is 13.1. The van der Waals surface area contributed by atoms with Gasteiger partial charge in [0, 0.05) is 31.5 Å². The van der Waals surface area contributed by atoms with Gasteiger partial charge in [0.05, 0.1) is 5.76 Å². The van der Waals surface area contributed by atoms with Gasteiger partial charge in [-0.3, -0.25) is 14.5 Å². The highest BCUT2D eigenvalue weighted by molar-refractivity contribution is 6.12. The van der Waals surface area contributed by atoms with E-state index in [4.69, 9.17) is 4.74 Å². The largest absolute Gasteiger partial charge is 0.495 e. The Morgan fingerprint density at radius 1 is 1.09 bits per heavy atom. The van der Waals surface area contributed by atoms with Crippen LogP contribution in [-0.2, 0) is 20.7 Å². The summed E-state index contributed by atoms with van der Waals surface area (Å²) < 4.78 is 6.07. The maximum absolute atomic E-state index is 11.6. The zero-order valence-corrected chi connectivity index (χ0v) is 13.1. The van der Waals surface area contributed by atoms with Gasteiger partial charge in [0.1, 0.15) is 6.10 Å². The topological polar surface area (TPSA) is 46.6 Å². The number of hydrogen-bond acceptors (Lipinski definition) is 3. The molecule has 0 spiro atoms. The van der Waals surface area contributed by atoms with Gasteiger partial charge in [-0.15, -0.1) is 0 Å². The molecule has 0 saturated carbocycles. The Labute approximate surface area is 136 Å². The molecule has 120 valence electrons. The Morgan fingerprint density at radius 2 is 1.78 bits per heavy atom. The number of nitrogens with zero attached hydrogens (tertiary/aromatic N) is 1. The lowest BCUT2D eigenvalue weighted by atomic mass is 10.0. The summed E-state index contributed by atoms with van der Waals surface area (Å²) in [5.41, 5.74) is 1.24. The van der Waals surface area contributed by atoms with Gasteiger partial charge in [-0.05, 0) is 30.9 Å². The van der Waals surface area contributed by atoms with Crippen LogP contribution in [0.25, 0.3) is 0 Å². The minimum absolute atomic E-state index is 0.0877. The fourth-order valence-corrected chi connectivity index (χ4v) is 2.79. The van der Waals surface area contributed by atoms with Crippen molar-refractivity contribution >= 4 is 11.8 Å². The molecule has 23 heavy (non-hydrogen) atoms. The zero-order chi connectivity index (χ0) is 16.1. The second-order valence-corrected chi connectivity index (χ2v) is 5.94. The number of amides is 2. The molecule has 1 aromatic rings. The molecule has 1 atom stereocenters. The molecule has 0 radical (unpaired) electrons. The number of hydrogen-bond donors (Lipinski definition) is 0. The van der Waals surface area contributed by atoms with Gasteiger partial charge in [-0.25, -0.2) is 0 Å². The molecule has 2 amide bonds. The molecule has 1 aromatic carbocycles. The van der Waals surface area contributed by atoms with Crippen LogP contribution in [0.1, 0.15) is 31.2 Å². The second-order valence-electron chi connectivity index (χ2n) is 5.94. The first-order chi connectivity index (χ1) is 11.2. The Hall–Kier alpha value is -2.36. The first-order valence-corrected chi connectivity index (χ1v) is 8.15. The molecule has 0 fully saturated rings. The van der Waals surface area contributed by atoms with E-state index in [1.54, 1.807) is 0 Å². The molecule has 4 nitrogen and oxygen atoms in total. The molecule has 1 unspecified atom stereocenters. The van der Waals surface area contributed by atoms with Gasteiger partial charge in [-0.2, -0.15) is 0 Å². The summed E-state index contributed by atoms with van der Waals surface area (Å²) in [6.07, 6.45) is 9.40. The van der Waals surface area contributed by atoms with E-state index in [2.05, 4.69) is 18.2 Å². The highest BCUT2D eigenvalue weighted by Crippen LogP contribution is 2.24. The maximum Gasteiger partial charge on any atom is 0.253 e. The van der Waals surface area contributed by atoms with Crippen LogP contribution in [0.15, 0.2) is 54.3 Å². The second kappa shape index (κ2) is 7.27. The van der Waals surface area contributed by atoms with Crippen molar-refractivity contribution in [2.45, 2.75) is 38.2 Å². The maximum atomic E-state index is 11.6. The summed E-state index contributed by atoms with van der Waals surface area (Å²) in [6.45, 7) is 0.457. The van der Waals surface area contributed by atoms with Gasteiger partial charge < -0.3 is 4.74 Å². The Balaban J connectivity index is 1.53. The van der Waals surface area contributed by atoms with Gasteiger partial charge in [-0.1, -0.05) is 30.3 Å². The van der Waals surface area contributed by atoms with E-state index in [0.717, 1.165) is 37.9 Å². The SMILES string of the molecule is O=C1C=CC(=O)N1CCCC(Cc1ccccc1)OC1=CCC1. The third-order valence-corrected chi connectivity index (χ3v) is 4.20. The Bertz CT molecular complexity index is 615. The fraction of sp³-hybridized carbons (Fsp3) is 0.368. The lowest BCUT2D eigenvalue weighted by Crippen LogP contribution is -2.31. The molecular weight excluding hydrogens is 290 g/mol. The fourth-order valence-electron chi connectivity index (χ4n) is 2.79. The number of benzene rings is 1. The summed E-state index contributed by atoms with van der Waals surface area (Å²) in [7, 11) is 0. The highest BCUT2D eigenvalue weighted by Gasteiger charge is 2.23. The van der Waals surface area contributed by atoms with Crippen LogP contribution >= 0.6 is 0 Å². The normalized spacial score (nSPS) is 17.9. The first kappa shape index (κ1) is 15.5. The number of carbonyl (C=O) groups is 2. The standard InChI is InChI=1S/C19H21NO3/c21-18-11-12-19(22)20(18)13-5-10-17(23-16-8-4-9-16)14-15-6-2-1-3-7-15/h1-3,6-8,11-12,17H,4-5,9-10,13-14H2. The van der Waals surface area contributed by atoms with Gasteiger partial charge in [0.15, 0.2) is 0 Å². The van der Waals surface area contributed by atoms with Crippen molar-refractivity contribution in [2.75, 3.05) is 6.54 Å². The molecule has 1 aliphatic heterocycles. The Kier molecular flexibility index (Phi) is 4.91. The third kappa shape index (κ3) is 4.09. The van der Waals surface area contributed by atoms with E-state index in [9.17, 15) is 9.59 Å². The molecule has 1 aliphatic carbocycles. The van der Waals surface area contributed by atoms with Crippen molar-refractivity contribution in [1.29, 1.82) is 0 Å². The van der Waals surface area contributed by atoms with Crippen LogP contribution in [0, 0.1) is 0 Å². The van der Waals surface area contributed by atoms with E-state index in [1.165, 1.54) is 22.6 Å². The van der Waals surface area contributed by atoms with Crippen LogP contribution in [-0.4, -0.2) is 29.4 Å². The molecular formula is C19H21NO3. The van der Waals surface area contributed by atoms with E-state index in [0.29, 0.717) is 6.54 Å². The summed E-state index contributed by atoms with van der Waals surface area (Å²) in [6, 6.07) is 10.3. The van der Waals surface area contributed by atoms with Crippen molar-refractivity contribution in [3.05, 3.63) is 59.9 Å². The van der Waals surface area contributed by atoms with Crippen LogP contribution in [0.5, 0.6) is 0 Å². The minimum Gasteiger partial charge on any atom is -0.495 e. The van der Waals surface area contributed by atoms with Gasteiger partial charge >= 0.3 is 0 Å². The van der Waals surface area contributed by atoms with Crippen LogP contribution in [0.2, 0.25) is 0 Å². The predicted octanol–water partition coefficient (Wildman–Crippen LogP) is 3.00. The van der Waals surface area contributed by atoms with Crippen molar-refractivity contribution in [3.8, 4) is 0 Å². The lowest BCUT2D eigenvalue weighted by molar-refractivity contribution is -0.136. The molecule has 2 aliphatic rings. The molecule has 3 rings (SSSR count). The van der Waals surface area contributed by atoms with Crippen molar-refractivity contribution in [1.82, 2.24) is 4.90 Å². The molecule has 4 heteroatoms. The quantitative estimate of drug-likeness (QED) is 0.693. The van der Waals surface area contributed by atoms with Crippen LogP contribution < -0.4 is 0 Å². The summed E-state index contributed by atoms with van der Waals surface area (Å²) in [4.78, 5) is 24.4. The van der Waals surface area contributed by atoms with E-state index in [-0.39, 0.29) is 17.9 Å².